The zero-order valence-corrected chi connectivity index (χ0v) is 16.2. The summed E-state index contributed by atoms with van der Waals surface area (Å²) in [5.74, 6) is 0.638. The molecule has 0 bridgehead atoms. The normalized spacial score (nSPS) is 10.5. The molecule has 2 rings (SSSR count). The van der Waals surface area contributed by atoms with E-state index in [4.69, 9.17) is 0 Å². The molecule has 2 aromatic rings. The molecule has 6 heteroatoms. The summed E-state index contributed by atoms with van der Waals surface area (Å²) in [5, 5.41) is 6.12. The highest BCUT2D eigenvalue weighted by Gasteiger charge is 2.05. The third kappa shape index (κ3) is 6.02. The van der Waals surface area contributed by atoms with Crippen LogP contribution in [0.15, 0.2) is 30.3 Å². The average molecular weight is 355 g/mol. The molecule has 0 unspecified atom stereocenters. The molecule has 1 aromatic carbocycles. The number of aryl methyl sites for hydroxylation is 2. The Morgan fingerprint density at radius 2 is 1.65 bits per heavy atom. The number of nitrogens with zero attached hydrogens (tertiary/aromatic N) is 3. The summed E-state index contributed by atoms with van der Waals surface area (Å²) in [6.45, 7) is 10.8. The second-order valence-electron chi connectivity index (χ2n) is 6.27. The molecule has 2 N–H and O–H groups in total. The van der Waals surface area contributed by atoms with Gasteiger partial charge in [0.15, 0.2) is 0 Å². The Hall–Kier alpha value is -2.63. The van der Waals surface area contributed by atoms with Crippen LogP contribution in [0.4, 0.5) is 17.3 Å². The second kappa shape index (κ2) is 9.75. The molecule has 0 fully saturated rings. The zero-order chi connectivity index (χ0) is 18.9. The number of anilines is 3. The molecular weight excluding hydrogens is 326 g/mol. The van der Waals surface area contributed by atoms with Crippen molar-refractivity contribution >= 4 is 23.2 Å². The summed E-state index contributed by atoms with van der Waals surface area (Å²) in [4.78, 5) is 23.0. The predicted octanol–water partition coefficient (Wildman–Crippen LogP) is 3.77. The zero-order valence-electron chi connectivity index (χ0n) is 16.2. The largest absolute Gasteiger partial charge is 0.372 e. The van der Waals surface area contributed by atoms with Gasteiger partial charge in [0, 0.05) is 48.8 Å². The van der Waals surface area contributed by atoms with Gasteiger partial charge in [0.05, 0.1) is 0 Å². The van der Waals surface area contributed by atoms with Crippen molar-refractivity contribution in [2.24, 2.45) is 0 Å². The number of aromatic nitrogens is 2. The van der Waals surface area contributed by atoms with E-state index in [1.54, 1.807) is 0 Å². The molecule has 0 radical (unpaired) electrons. The van der Waals surface area contributed by atoms with Crippen LogP contribution in [0.1, 0.15) is 38.1 Å². The summed E-state index contributed by atoms with van der Waals surface area (Å²) >= 11 is 0. The number of hydrogen-bond acceptors (Lipinski definition) is 5. The van der Waals surface area contributed by atoms with Crippen LogP contribution >= 0.6 is 0 Å². The van der Waals surface area contributed by atoms with Gasteiger partial charge in [-0.05, 0) is 64.4 Å². The Kier molecular flexibility index (Phi) is 7.38. The molecule has 0 spiro atoms. The van der Waals surface area contributed by atoms with Crippen molar-refractivity contribution in [3.8, 4) is 0 Å². The van der Waals surface area contributed by atoms with Gasteiger partial charge in [0.2, 0.25) is 11.9 Å². The molecule has 1 amide bonds. The number of amides is 1. The van der Waals surface area contributed by atoms with Crippen molar-refractivity contribution in [1.29, 1.82) is 0 Å². The van der Waals surface area contributed by atoms with E-state index < -0.39 is 0 Å². The molecule has 1 heterocycles. The van der Waals surface area contributed by atoms with Gasteiger partial charge < -0.3 is 15.5 Å². The monoisotopic (exact) mass is 355 g/mol. The Morgan fingerprint density at radius 3 is 2.23 bits per heavy atom. The highest BCUT2D eigenvalue weighted by molar-refractivity contribution is 5.90. The van der Waals surface area contributed by atoms with Crippen molar-refractivity contribution in [2.75, 3.05) is 35.2 Å². The minimum atomic E-state index is 0.0173. The van der Waals surface area contributed by atoms with Crippen LogP contribution in [0.3, 0.4) is 0 Å². The lowest BCUT2D eigenvalue weighted by Gasteiger charge is -2.21. The molecular formula is C20H29N5O. The molecule has 0 saturated carbocycles. The summed E-state index contributed by atoms with van der Waals surface area (Å²) in [6, 6.07) is 9.92. The summed E-state index contributed by atoms with van der Waals surface area (Å²) < 4.78 is 0. The highest BCUT2D eigenvalue weighted by Crippen LogP contribution is 2.18. The number of carbonyl (C=O) groups is 1. The Balaban J connectivity index is 1.74. The third-order valence-corrected chi connectivity index (χ3v) is 4.13. The number of carbonyl (C=O) groups excluding carboxylic acids is 1. The van der Waals surface area contributed by atoms with Gasteiger partial charge in [-0.3, -0.25) is 4.79 Å². The van der Waals surface area contributed by atoms with Gasteiger partial charge >= 0.3 is 0 Å². The van der Waals surface area contributed by atoms with Gasteiger partial charge in [-0.2, -0.15) is 0 Å². The molecule has 6 nitrogen and oxygen atoms in total. The highest BCUT2D eigenvalue weighted by atomic mass is 16.1. The topological polar surface area (TPSA) is 70.2 Å². The fraction of sp³-hybridized carbons (Fsp3) is 0.450. The number of hydrogen-bond donors (Lipinski definition) is 2. The first-order valence-corrected chi connectivity index (χ1v) is 9.22. The fourth-order valence-corrected chi connectivity index (χ4v) is 2.82. The SMILES string of the molecule is CCN(CC)c1ccc(NC(=O)CCCNc2nc(C)cc(C)n2)cc1. The van der Waals surface area contributed by atoms with E-state index in [0.29, 0.717) is 18.9 Å². The van der Waals surface area contributed by atoms with Crippen LogP contribution in [0.25, 0.3) is 0 Å². The molecule has 0 saturated heterocycles. The van der Waals surface area contributed by atoms with Gasteiger partial charge in [0.25, 0.3) is 0 Å². The Labute approximate surface area is 156 Å². The smallest absolute Gasteiger partial charge is 0.224 e. The lowest BCUT2D eigenvalue weighted by molar-refractivity contribution is -0.116. The molecule has 0 aliphatic carbocycles. The summed E-state index contributed by atoms with van der Waals surface area (Å²) in [5.41, 5.74) is 3.87. The second-order valence-corrected chi connectivity index (χ2v) is 6.27. The minimum Gasteiger partial charge on any atom is -0.372 e. The van der Waals surface area contributed by atoms with Crippen molar-refractivity contribution in [2.45, 2.75) is 40.5 Å². The van der Waals surface area contributed by atoms with Crippen LogP contribution in [0, 0.1) is 13.8 Å². The van der Waals surface area contributed by atoms with E-state index in [0.717, 1.165) is 36.6 Å². The standard InChI is InChI=1S/C20H29N5O/c1-5-25(6-2)18-11-9-17(10-12-18)24-19(26)8-7-13-21-20-22-15(3)14-16(4)23-20/h9-12,14H,5-8,13H2,1-4H3,(H,24,26)(H,21,22,23). The van der Waals surface area contributed by atoms with Crippen molar-refractivity contribution in [3.05, 3.63) is 41.7 Å². The van der Waals surface area contributed by atoms with Gasteiger partial charge in [-0.15, -0.1) is 0 Å². The maximum atomic E-state index is 12.1. The number of rotatable bonds is 9. The van der Waals surface area contributed by atoms with E-state index in [1.165, 1.54) is 5.69 Å². The first-order valence-electron chi connectivity index (χ1n) is 9.22. The molecule has 0 aliphatic rings. The Morgan fingerprint density at radius 1 is 1.04 bits per heavy atom. The average Bonchev–Trinajstić information content (AvgIpc) is 2.60. The molecule has 0 aliphatic heterocycles. The van der Waals surface area contributed by atoms with Crippen LogP contribution in [-0.2, 0) is 4.79 Å². The molecule has 0 atom stereocenters. The van der Waals surface area contributed by atoms with Crippen LogP contribution in [0.2, 0.25) is 0 Å². The lowest BCUT2D eigenvalue weighted by atomic mass is 10.2. The molecule has 26 heavy (non-hydrogen) atoms. The quantitative estimate of drug-likeness (QED) is 0.670. The van der Waals surface area contributed by atoms with E-state index >= 15 is 0 Å². The number of benzene rings is 1. The third-order valence-electron chi connectivity index (χ3n) is 4.13. The lowest BCUT2D eigenvalue weighted by Crippen LogP contribution is -2.21. The van der Waals surface area contributed by atoms with E-state index in [-0.39, 0.29) is 5.91 Å². The van der Waals surface area contributed by atoms with E-state index in [2.05, 4.69) is 39.3 Å². The molecule has 140 valence electrons. The van der Waals surface area contributed by atoms with Gasteiger partial charge in [-0.1, -0.05) is 0 Å². The van der Waals surface area contributed by atoms with Gasteiger partial charge in [0.1, 0.15) is 0 Å². The van der Waals surface area contributed by atoms with Gasteiger partial charge in [-0.25, -0.2) is 9.97 Å². The maximum absolute atomic E-state index is 12.1. The fourth-order valence-electron chi connectivity index (χ4n) is 2.82. The van der Waals surface area contributed by atoms with Crippen LogP contribution in [0.5, 0.6) is 0 Å². The van der Waals surface area contributed by atoms with Crippen molar-refractivity contribution < 1.29 is 4.79 Å². The van der Waals surface area contributed by atoms with E-state index in [1.807, 2.05) is 44.2 Å². The van der Waals surface area contributed by atoms with Crippen molar-refractivity contribution in [1.82, 2.24) is 9.97 Å². The Bertz CT molecular complexity index is 690. The van der Waals surface area contributed by atoms with Crippen LogP contribution < -0.4 is 15.5 Å². The number of nitrogens with one attached hydrogen (secondary N) is 2. The first kappa shape index (κ1) is 19.7. The van der Waals surface area contributed by atoms with Crippen molar-refractivity contribution in [3.63, 3.8) is 0 Å². The molecule has 1 aromatic heterocycles. The first-order chi connectivity index (χ1) is 12.5. The maximum Gasteiger partial charge on any atom is 0.224 e. The minimum absolute atomic E-state index is 0.0173. The predicted molar refractivity (Wildman–Crippen MR) is 108 cm³/mol. The van der Waals surface area contributed by atoms with Crippen LogP contribution in [-0.4, -0.2) is 35.5 Å². The summed E-state index contributed by atoms with van der Waals surface area (Å²) in [7, 11) is 0. The van der Waals surface area contributed by atoms with E-state index in [9.17, 15) is 4.79 Å². The summed E-state index contributed by atoms with van der Waals surface area (Å²) in [6.07, 6.45) is 1.18.